The van der Waals surface area contributed by atoms with Crippen molar-refractivity contribution in [3.8, 4) is 11.5 Å². The molecule has 1 unspecified atom stereocenters. The summed E-state index contributed by atoms with van der Waals surface area (Å²) in [5, 5.41) is 9.67. The van der Waals surface area contributed by atoms with Crippen molar-refractivity contribution in [2.45, 2.75) is 26.7 Å². The highest BCUT2D eigenvalue weighted by Crippen LogP contribution is 2.28. The highest BCUT2D eigenvalue weighted by Gasteiger charge is 2.23. The zero-order valence-electron chi connectivity index (χ0n) is 13.5. The van der Waals surface area contributed by atoms with Gasteiger partial charge in [-0.05, 0) is 32.9 Å². The van der Waals surface area contributed by atoms with E-state index in [0.717, 1.165) is 22.6 Å². The molecular formula is C16H18N4O2S. The Labute approximate surface area is 138 Å². The Hall–Kier alpha value is -2.41. The maximum Gasteiger partial charge on any atom is 0.233 e. The van der Waals surface area contributed by atoms with Gasteiger partial charge in [0.05, 0.1) is 17.9 Å². The highest BCUT2D eigenvalue weighted by atomic mass is 32.1. The maximum absolute atomic E-state index is 12.5. The van der Waals surface area contributed by atoms with E-state index in [-0.39, 0.29) is 11.8 Å². The Kier molecular flexibility index (Phi) is 4.04. The second-order valence-corrected chi connectivity index (χ2v) is 6.29. The lowest BCUT2D eigenvalue weighted by Crippen LogP contribution is -2.19. The number of nitrogens with zero attached hydrogens (tertiary/aromatic N) is 3. The summed E-state index contributed by atoms with van der Waals surface area (Å²) >= 11 is 1.38. The number of aryl methyl sites for hydroxylation is 2. The maximum atomic E-state index is 12.5. The zero-order valence-corrected chi connectivity index (χ0v) is 14.3. The van der Waals surface area contributed by atoms with E-state index >= 15 is 0 Å². The summed E-state index contributed by atoms with van der Waals surface area (Å²) in [6, 6.07) is 3.65. The number of nitrogens with one attached hydrogen (secondary N) is 1. The molecule has 0 aliphatic heterocycles. The third-order valence-electron chi connectivity index (χ3n) is 3.90. The molecule has 0 aliphatic rings. The van der Waals surface area contributed by atoms with Crippen LogP contribution in [0.25, 0.3) is 11.5 Å². The average Bonchev–Trinajstić information content (AvgIpc) is 3.21. The van der Waals surface area contributed by atoms with Crippen molar-refractivity contribution >= 4 is 22.4 Å². The first-order valence-corrected chi connectivity index (χ1v) is 8.15. The number of aromatic nitrogens is 3. The SMILES string of the molecule is Cc1nn(C)c(C)c1C(C)C(=O)Nc1nc(-c2ccco2)cs1. The van der Waals surface area contributed by atoms with Gasteiger partial charge in [0.1, 0.15) is 5.69 Å². The molecule has 0 saturated heterocycles. The van der Waals surface area contributed by atoms with Crippen molar-refractivity contribution in [2.75, 3.05) is 5.32 Å². The van der Waals surface area contributed by atoms with Gasteiger partial charge < -0.3 is 9.73 Å². The monoisotopic (exact) mass is 330 g/mol. The van der Waals surface area contributed by atoms with Crippen LogP contribution in [0, 0.1) is 13.8 Å². The molecule has 0 radical (unpaired) electrons. The quantitative estimate of drug-likeness (QED) is 0.794. The predicted molar refractivity (Wildman–Crippen MR) is 89.5 cm³/mol. The van der Waals surface area contributed by atoms with Gasteiger partial charge in [-0.25, -0.2) is 4.98 Å². The van der Waals surface area contributed by atoms with E-state index in [1.165, 1.54) is 11.3 Å². The molecule has 3 rings (SSSR count). The summed E-state index contributed by atoms with van der Waals surface area (Å²) in [5.41, 5.74) is 3.56. The molecular weight excluding hydrogens is 312 g/mol. The highest BCUT2D eigenvalue weighted by molar-refractivity contribution is 7.14. The van der Waals surface area contributed by atoms with Crippen molar-refractivity contribution in [2.24, 2.45) is 7.05 Å². The second kappa shape index (κ2) is 6.00. The Morgan fingerprint density at radius 1 is 1.43 bits per heavy atom. The van der Waals surface area contributed by atoms with Crippen LogP contribution in [-0.4, -0.2) is 20.7 Å². The van der Waals surface area contributed by atoms with Crippen LogP contribution in [0.15, 0.2) is 28.2 Å². The molecule has 120 valence electrons. The molecule has 3 heterocycles. The number of amides is 1. The number of thiazole rings is 1. The minimum absolute atomic E-state index is 0.0930. The molecule has 7 heteroatoms. The number of furan rings is 1. The standard InChI is InChI=1S/C16H18N4O2S/c1-9(14-10(2)19-20(4)11(14)3)15(21)18-16-17-12(8-23-16)13-6-5-7-22-13/h5-9H,1-4H3,(H,17,18,21). The third kappa shape index (κ3) is 2.92. The molecule has 1 N–H and O–H groups in total. The fourth-order valence-corrected chi connectivity index (χ4v) is 3.33. The van der Waals surface area contributed by atoms with Gasteiger partial charge in [-0.15, -0.1) is 11.3 Å². The summed E-state index contributed by atoms with van der Waals surface area (Å²) in [5.74, 6) is 0.304. The Morgan fingerprint density at radius 3 is 2.83 bits per heavy atom. The number of anilines is 1. The van der Waals surface area contributed by atoms with Crippen molar-refractivity contribution in [3.63, 3.8) is 0 Å². The third-order valence-corrected chi connectivity index (χ3v) is 4.66. The normalized spacial score (nSPS) is 12.3. The topological polar surface area (TPSA) is 73.0 Å². The van der Waals surface area contributed by atoms with Crippen LogP contribution in [0.2, 0.25) is 0 Å². The van der Waals surface area contributed by atoms with Crippen LogP contribution in [0.5, 0.6) is 0 Å². The number of hydrogen-bond donors (Lipinski definition) is 1. The average molecular weight is 330 g/mol. The lowest BCUT2D eigenvalue weighted by Gasteiger charge is -2.11. The Balaban J connectivity index is 1.76. The van der Waals surface area contributed by atoms with E-state index in [0.29, 0.717) is 10.9 Å². The van der Waals surface area contributed by atoms with Crippen LogP contribution in [0.3, 0.4) is 0 Å². The fourth-order valence-electron chi connectivity index (χ4n) is 2.63. The number of carbonyl (C=O) groups excluding carboxylic acids is 1. The van der Waals surface area contributed by atoms with E-state index in [4.69, 9.17) is 4.42 Å². The van der Waals surface area contributed by atoms with Crippen LogP contribution < -0.4 is 5.32 Å². The first-order chi connectivity index (χ1) is 11.0. The first kappa shape index (κ1) is 15.5. The van der Waals surface area contributed by atoms with Crippen LogP contribution in [-0.2, 0) is 11.8 Å². The molecule has 6 nitrogen and oxygen atoms in total. The Morgan fingerprint density at radius 2 is 2.22 bits per heavy atom. The number of hydrogen-bond acceptors (Lipinski definition) is 5. The van der Waals surface area contributed by atoms with Gasteiger partial charge in [0.25, 0.3) is 0 Å². The summed E-state index contributed by atoms with van der Waals surface area (Å²) in [4.78, 5) is 16.9. The van der Waals surface area contributed by atoms with Gasteiger partial charge in [-0.3, -0.25) is 9.48 Å². The molecule has 0 aliphatic carbocycles. The smallest absolute Gasteiger partial charge is 0.233 e. The van der Waals surface area contributed by atoms with Crippen molar-refractivity contribution < 1.29 is 9.21 Å². The molecule has 1 atom stereocenters. The van der Waals surface area contributed by atoms with Crippen LogP contribution in [0.4, 0.5) is 5.13 Å². The van der Waals surface area contributed by atoms with E-state index in [2.05, 4.69) is 15.4 Å². The number of carbonyl (C=O) groups is 1. The predicted octanol–water partition coefficient (Wildman–Crippen LogP) is 3.50. The molecule has 0 aromatic carbocycles. The van der Waals surface area contributed by atoms with E-state index < -0.39 is 0 Å². The van der Waals surface area contributed by atoms with Gasteiger partial charge in [-0.1, -0.05) is 0 Å². The van der Waals surface area contributed by atoms with Gasteiger partial charge in [0.15, 0.2) is 10.9 Å². The van der Waals surface area contributed by atoms with Crippen LogP contribution >= 0.6 is 11.3 Å². The van der Waals surface area contributed by atoms with Crippen molar-refractivity contribution in [3.05, 3.63) is 40.7 Å². The van der Waals surface area contributed by atoms with Crippen molar-refractivity contribution in [1.82, 2.24) is 14.8 Å². The molecule has 0 fully saturated rings. The van der Waals surface area contributed by atoms with Gasteiger partial charge in [0, 0.05) is 23.7 Å². The molecule has 0 spiro atoms. The van der Waals surface area contributed by atoms with Crippen molar-refractivity contribution in [1.29, 1.82) is 0 Å². The van der Waals surface area contributed by atoms with Crippen LogP contribution in [0.1, 0.15) is 29.8 Å². The Bertz CT molecular complexity index is 833. The van der Waals surface area contributed by atoms with Gasteiger partial charge in [-0.2, -0.15) is 5.10 Å². The minimum atomic E-state index is -0.292. The molecule has 0 bridgehead atoms. The molecule has 0 saturated carbocycles. The molecule has 3 aromatic heterocycles. The van der Waals surface area contributed by atoms with E-state index in [1.54, 1.807) is 10.9 Å². The molecule has 3 aromatic rings. The minimum Gasteiger partial charge on any atom is -0.463 e. The summed E-state index contributed by atoms with van der Waals surface area (Å²) < 4.78 is 7.11. The summed E-state index contributed by atoms with van der Waals surface area (Å²) in [6.45, 7) is 5.77. The first-order valence-electron chi connectivity index (χ1n) is 7.27. The summed E-state index contributed by atoms with van der Waals surface area (Å²) in [7, 11) is 1.88. The lowest BCUT2D eigenvalue weighted by atomic mass is 9.98. The largest absolute Gasteiger partial charge is 0.463 e. The van der Waals surface area contributed by atoms with Gasteiger partial charge >= 0.3 is 0 Å². The summed E-state index contributed by atoms with van der Waals surface area (Å²) in [6.07, 6.45) is 1.60. The zero-order chi connectivity index (χ0) is 16.6. The second-order valence-electron chi connectivity index (χ2n) is 5.43. The number of rotatable bonds is 4. The molecule has 23 heavy (non-hydrogen) atoms. The van der Waals surface area contributed by atoms with E-state index in [1.807, 2.05) is 45.3 Å². The fraction of sp³-hybridized carbons (Fsp3) is 0.312. The van der Waals surface area contributed by atoms with Gasteiger partial charge in [0.2, 0.25) is 5.91 Å². The van der Waals surface area contributed by atoms with E-state index in [9.17, 15) is 4.79 Å². The molecule has 1 amide bonds. The lowest BCUT2D eigenvalue weighted by molar-refractivity contribution is -0.117.